The largest absolute Gasteiger partial charge is 0.439 e. The molecule has 1 aromatic carbocycles. The van der Waals surface area contributed by atoms with Gasteiger partial charge in [-0.1, -0.05) is 32.0 Å². The number of nitrogens with one attached hydrogen (secondary N) is 1. The summed E-state index contributed by atoms with van der Waals surface area (Å²) in [5, 5.41) is 3.14. The van der Waals surface area contributed by atoms with E-state index in [0.29, 0.717) is 11.8 Å². The van der Waals surface area contributed by atoms with E-state index in [9.17, 15) is 0 Å². The molecule has 0 saturated heterocycles. The van der Waals surface area contributed by atoms with Gasteiger partial charge in [0.05, 0.1) is 0 Å². The quantitative estimate of drug-likeness (QED) is 0.887. The summed E-state index contributed by atoms with van der Waals surface area (Å²) in [6.07, 6.45) is 0. The fourth-order valence-corrected chi connectivity index (χ4v) is 2.20. The molecule has 21 heavy (non-hydrogen) atoms. The molecule has 0 aliphatic carbocycles. The van der Waals surface area contributed by atoms with Crippen molar-refractivity contribution in [1.29, 1.82) is 0 Å². The van der Waals surface area contributed by atoms with Crippen molar-refractivity contribution in [1.82, 2.24) is 10.3 Å². The number of rotatable bonds is 5. The van der Waals surface area contributed by atoms with E-state index in [2.05, 4.69) is 55.3 Å². The molecule has 1 N–H and O–H groups in total. The highest BCUT2D eigenvalue weighted by Gasteiger charge is 2.08. The first kappa shape index (κ1) is 15.5. The monoisotopic (exact) mass is 284 g/mol. The molecule has 0 amide bonds. The van der Waals surface area contributed by atoms with Crippen molar-refractivity contribution in [3.63, 3.8) is 0 Å². The number of hydrogen-bond acceptors (Lipinski definition) is 3. The van der Waals surface area contributed by atoms with Crippen LogP contribution in [-0.4, -0.2) is 12.0 Å². The Bertz CT molecular complexity index is 621. The fraction of sp³-hybridized carbons (Fsp3) is 0.389. The van der Waals surface area contributed by atoms with Crippen LogP contribution in [0, 0.1) is 13.8 Å². The first-order chi connectivity index (χ1) is 10.0. The normalized spacial score (nSPS) is 11.0. The van der Waals surface area contributed by atoms with Crippen LogP contribution in [0.1, 0.15) is 42.1 Å². The van der Waals surface area contributed by atoms with Crippen molar-refractivity contribution in [3.05, 3.63) is 52.7 Å². The molecule has 1 aromatic heterocycles. The second-order valence-corrected chi connectivity index (χ2v) is 5.71. The topological polar surface area (TPSA) is 34.1 Å². The lowest BCUT2D eigenvalue weighted by atomic mass is 10.0. The second-order valence-electron chi connectivity index (χ2n) is 5.71. The number of nitrogens with zero attached hydrogens (tertiary/aromatic N) is 1. The standard InChI is InChI=1S/C18H24N2O/c1-12(2)15-7-6-13(3)17(10-15)21-18-9-8-16(11-19-5)14(4)20-18/h6-10,12,19H,11H2,1-5H3. The zero-order valence-electron chi connectivity index (χ0n) is 13.5. The zero-order valence-corrected chi connectivity index (χ0v) is 13.5. The molecule has 2 aromatic rings. The number of ether oxygens (including phenoxy) is 1. The van der Waals surface area contributed by atoms with Crippen LogP contribution in [0.4, 0.5) is 0 Å². The van der Waals surface area contributed by atoms with Gasteiger partial charge < -0.3 is 10.1 Å². The summed E-state index contributed by atoms with van der Waals surface area (Å²) in [5.74, 6) is 2.02. The number of hydrogen-bond donors (Lipinski definition) is 1. The number of benzene rings is 1. The minimum Gasteiger partial charge on any atom is -0.439 e. The van der Waals surface area contributed by atoms with Gasteiger partial charge in [0, 0.05) is 18.3 Å². The van der Waals surface area contributed by atoms with Gasteiger partial charge >= 0.3 is 0 Å². The molecule has 0 saturated carbocycles. The highest BCUT2D eigenvalue weighted by Crippen LogP contribution is 2.28. The Labute approximate surface area is 127 Å². The van der Waals surface area contributed by atoms with Crippen LogP contribution in [0.15, 0.2) is 30.3 Å². The number of aromatic nitrogens is 1. The minimum absolute atomic E-state index is 0.487. The maximum Gasteiger partial charge on any atom is 0.219 e. The molecule has 3 heteroatoms. The van der Waals surface area contributed by atoms with Crippen molar-refractivity contribution >= 4 is 0 Å². The van der Waals surface area contributed by atoms with E-state index >= 15 is 0 Å². The summed E-state index contributed by atoms with van der Waals surface area (Å²) in [4.78, 5) is 4.54. The van der Waals surface area contributed by atoms with E-state index in [4.69, 9.17) is 4.74 Å². The van der Waals surface area contributed by atoms with Gasteiger partial charge in [0.15, 0.2) is 0 Å². The predicted octanol–water partition coefficient (Wildman–Crippen LogP) is 4.33. The summed E-state index contributed by atoms with van der Waals surface area (Å²) in [7, 11) is 1.94. The molecule has 0 radical (unpaired) electrons. The Morgan fingerprint density at radius 2 is 1.90 bits per heavy atom. The van der Waals surface area contributed by atoms with E-state index in [1.807, 2.05) is 20.0 Å². The Kier molecular flexibility index (Phi) is 4.97. The summed E-state index contributed by atoms with van der Waals surface area (Å²) in [6.45, 7) is 9.26. The van der Waals surface area contributed by atoms with Crippen molar-refractivity contribution in [2.24, 2.45) is 0 Å². The average molecular weight is 284 g/mol. The second kappa shape index (κ2) is 6.72. The molecule has 1 heterocycles. The zero-order chi connectivity index (χ0) is 15.4. The molecule has 2 rings (SSSR count). The molecule has 3 nitrogen and oxygen atoms in total. The lowest BCUT2D eigenvalue weighted by Gasteiger charge is -2.13. The minimum atomic E-state index is 0.487. The van der Waals surface area contributed by atoms with Crippen LogP contribution < -0.4 is 10.1 Å². The summed E-state index contributed by atoms with van der Waals surface area (Å²) < 4.78 is 5.98. The van der Waals surface area contributed by atoms with Crippen LogP contribution >= 0.6 is 0 Å². The molecule has 0 aliphatic rings. The first-order valence-electron chi connectivity index (χ1n) is 7.40. The van der Waals surface area contributed by atoms with Crippen LogP contribution in [0.5, 0.6) is 11.6 Å². The number of aryl methyl sites for hydroxylation is 2. The van der Waals surface area contributed by atoms with Crippen molar-refractivity contribution < 1.29 is 4.74 Å². The molecular formula is C18H24N2O. The van der Waals surface area contributed by atoms with E-state index in [-0.39, 0.29) is 0 Å². The van der Waals surface area contributed by atoms with Gasteiger partial charge in [-0.3, -0.25) is 0 Å². The summed E-state index contributed by atoms with van der Waals surface area (Å²) >= 11 is 0. The third kappa shape index (κ3) is 3.82. The van der Waals surface area contributed by atoms with E-state index < -0.39 is 0 Å². The lowest BCUT2D eigenvalue weighted by Crippen LogP contribution is -2.07. The Morgan fingerprint density at radius 3 is 2.52 bits per heavy atom. The third-order valence-corrected chi connectivity index (χ3v) is 3.63. The Hall–Kier alpha value is -1.87. The van der Waals surface area contributed by atoms with Crippen molar-refractivity contribution in [3.8, 4) is 11.6 Å². The SMILES string of the molecule is CNCc1ccc(Oc2cc(C(C)C)ccc2C)nc1C. The maximum atomic E-state index is 5.98. The first-order valence-corrected chi connectivity index (χ1v) is 7.40. The molecule has 0 unspecified atom stereocenters. The van der Waals surface area contributed by atoms with Gasteiger partial charge in [0.2, 0.25) is 5.88 Å². The van der Waals surface area contributed by atoms with Crippen molar-refractivity contribution in [2.45, 2.75) is 40.2 Å². The maximum absolute atomic E-state index is 5.98. The van der Waals surface area contributed by atoms with Gasteiger partial charge in [-0.2, -0.15) is 0 Å². The Balaban J connectivity index is 2.25. The summed E-state index contributed by atoms with van der Waals surface area (Å²) in [5.41, 5.74) is 4.59. The summed E-state index contributed by atoms with van der Waals surface area (Å²) in [6, 6.07) is 10.4. The van der Waals surface area contributed by atoms with Crippen LogP contribution in [0.25, 0.3) is 0 Å². The van der Waals surface area contributed by atoms with Crippen LogP contribution in [0.2, 0.25) is 0 Å². The molecule has 0 fully saturated rings. The van der Waals surface area contributed by atoms with Crippen molar-refractivity contribution in [2.75, 3.05) is 7.05 Å². The smallest absolute Gasteiger partial charge is 0.219 e. The van der Waals surface area contributed by atoms with Gasteiger partial charge in [-0.05, 0) is 49.6 Å². The highest BCUT2D eigenvalue weighted by molar-refractivity contribution is 5.40. The molecule has 0 atom stereocenters. The highest BCUT2D eigenvalue weighted by atomic mass is 16.5. The van der Waals surface area contributed by atoms with Gasteiger partial charge in [-0.25, -0.2) is 4.98 Å². The van der Waals surface area contributed by atoms with Crippen LogP contribution in [-0.2, 0) is 6.54 Å². The third-order valence-electron chi connectivity index (χ3n) is 3.63. The van der Waals surface area contributed by atoms with E-state index in [1.165, 1.54) is 11.1 Å². The fourth-order valence-electron chi connectivity index (χ4n) is 2.20. The predicted molar refractivity (Wildman–Crippen MR) is 87.1 cm³/mol. The number of pyridine rings is 1. The lowest BCUT2D eigenvalue weighted by molar-refractivity contribution is 0.456. The van der Waals surface area contributed by atoms with E-state index in [1.54, 1.807) is 0 Å². The van der Waals surface area contributed by atoms with Gasteiger partial charge in [-0.15, -0.1) is 0 Å². The molecular weight excluding hydrogens is 260 g/mol. The molecule has 0 spiro atoms. The molecule has 112 valence electrons. The molecule has 0 aliphatic heterocycles. The van der Waals surface area contributed by atoms with Gasteiger partial charge in [0.1, 0.15) is 5.75 Å². The molecule has 0 bridgehead atoms. The Morgan fingerprint density at radius 1 is 1.14 bits per heavy atom. The average Bonchev–Trinajstić information content (AvgIpc) is 2.44. The van der Waals surface area contributed by atoms with E-state index in [0.717, 1.165) is 23.6 Å². The van der Waals surface area contributed by atoms with Gasteiger partial charge in [0.25, 0.3) is 0 Å². The van der Waals surface area contributed by atoms with Crippen LogP contribution in [0.3, 0.4) is 0 Å².